The molecule has 242 valence electrons. The molecule has 3 N–H and O–H groups in total. The number of amides is 4. The Morgan fingerprint density at radius 2 is 1.71 bits per heavy atom. The Kier molecular flexibility index (Phi) is 12.4. The van der Waals surface area contributed by atoms with Crippen molar-refractivity contribution < 1.29 is 28.7 Å². The van der Waals surface area contributed by atoms with Crippen LogP contribution in [0.5, 0.6) is 0 Å². The second-order valence-electron chi connectivity index (χ2n) is 12.3. The number of carbonyl (C=O) groups is 5. The Morgan fingerprint density at radius 3 is 2.36 bits per heavy atom. The van der Waals surface area contributed by atoms with Crippen LogP contribution in [0.1, 0.15) is 69.6 Å². The van der Waals surface area contributed by atoms with Gasteiger partial charge in [0.1, 0.15) is 12.1 Å². The highest BCUT2D eigenvalue weighted by molar-refractivity contribution is 6.38. The van der Waals surface area contributed by atoms with Gasteiger partial charge >= 0.3 is 6.09 Å². The van der Waals surface area contributed by atoms with E-state index in [0.29, 0.717) is 37.5 Å². The lowest BCUT2D eigenvalue weighted by molar-refractivity contribution is -0.147. The summed E-state index contributed by atoms with van der Waals surface area (Å²) in [6, 6.07) is 14.3. The average Bonchev–Trinajstić information content (AvgIpc) is 3.43. The zero-order chi connectivity index (χ0) is 32.3. The molecule has 4 amide bonds. The van der Waals surface area contributed by atoms with Crippen LogP contribution in [0.3, 0.4) is 0 Å². The Morgan fingerprint density at radius 1 is 0.978 bits per heavy atom. The van der Waals surface area contributed by atoms with Gasteiger partial charge in [0, 0.05) is 37.0 Å². The van der Waals surface area contributed by atoms with Gasteiger partial charge in [-0.2, -0.15) is 0 Å². The van der Waals surface area contributed by atoms with Crippen LogP contribution in [0.2, 0.25) is 5.02 Å². The number of carbonyl (C=O) groups excluding carboxylic acids is 5. The first-order valence-corrected chi connectivity index (χ1v) is 16.2. The topological polar surface area (TPSA) is 134 Å². The van der Waals surface area contributed by atoms with Gasteiger partial charge in [0.15, 0.2) is 0 Å². The van der Waals surface area contributed by atoms with Crippen LogP contribution in [0.4, 0.5) is 4.79 Å². The molecule has 0 saturated carbocycles. The van der Waals surface area contributed by atoms with Crippen molar-refractivity contribution in [1.82, 2.24) is 20.9 Å². The number of hydrogen-bond donors (Lipinski definition) is 3. The Balaban J connectivity index is 1.49. The SMILES string of the molecule is CC(C)C[C@H](NC(=O)OC(Cc1cccc(Cl)c1)c1ccccc1)C(=O)N[C@@H](C[C@@H]1CCNC1=O)C(=O)C(=O)N1CCCCC1. The number of ketones is 1. The number of likely N-dealkylation sites (tertiary alicyclic amines) is 1. The normalized spacial score (nSPS) is 18.4. The minimum Gasteiger partial charge on any atom is -0.441 e. The van der Waals surface area contributed by atoms with Gasteiger partial charge in [-0.05, 0) is 67.7 Å². The van der Waals surface area contributed by atoms with Gasteiger partial charge in [-0.1, -0.05) is 67.9 Å². The summed E-state index contributed by atoms with van der Waals surface area (Å²) in [5.41, 5.74) is 1.64. The van der Waals surface area contributed by atoms with Crippen molar-refractivity contribution in [3.63, 3.8) is 0 Å². The Bertz CT molecular complexity index is 1350. The maximum absolute atomic E-state index is 13.7. The lowest BCUT2D eigenvalue weighted by Gasteiger charge is -2.29. The summed E-state index contributed by atoms with van der Waals surface area (Å²) < 4.78 is 5.88. The average molecular weight is 639 g/mol. The van der Waals surface area contributed by atoms with E-state index in [2.05, 4.69) is 16.0 Å². The monoisotopic (exact) mass is 638 g/mol. The summed E-state index contributed by atoms with van der Waals surface area (Å²) in [5.74, 6) is -2.73. The summed E-state index contributed by atoms with van der Waals surface area (Å²) >= 11 is 6.19. The minimum absolute atomic E-state index is 0.00201. The fourth-order valence-electron chi connectivity index (χ4n) is 5.84. The van der Waals surface area contributed by atoms with E-state index in [4.69, 9.17) is 16.3 Å². The molecular formula is C34H43ClN4O6. The number of benzene rings is 2. The van der Waals surface area contributed by atoms with Gasteiger partial charge in [-0.25, -0.2) is 4.79 Å². The predicted octanol–water partition coefficient (Wildman–Crippen LogP) is 4.36. The molecule has 0 radical (unpaired) electrons. The smallest absolute Gasteiger partial charge is 0.408 e. The lowest BCUT2D eigenvalue weighted by Crippen LogP contribution is -2.55. The van der Waals surface area contributed by atoms with E-state index in [-0.39, 0.29) is 24.7 Å². The van der Waals surface area contributed by atoms with Gasteiger partial charge < -0.3 is 25.6 Å². The molecule has 0 spiro atoms. The maximum Gasteiger partial charge on any atom is 0.408 e. The fourth-order valence-corrected chi connectivity index (χ4v) is 6.05. The maximum atomic E-state index is 13.7. The summed E-state index contributed by atoms with van der Waals surface area (Å²) in [5, 5.41) is 8.74. The van der Waals surface area contributed by atoms with Crippen molar-refractivity contribution in [2.45, 2.75) is 77.0 Å². The summed E-state index contributed by atoms with van der Waals surface area (Å²) in [4.78, 5) is 67.5. The van der Waals surface area contributed by atoms with Crippen LogP contribution in [-0.4, -0.2) is 66.2 Å². The van der Waals surface area contributed by atoms with Gasteiger partial charge in [0.05, 0.1) is 6.04 Å². The number of ether oxygens (including phenoxy) is 1. The molecule has 4 rings (SSSR count). The molecule has 2 saturated heterocycles. The van der Waals surface area contributed by atoms with Crippen LogP contribution in [0.25, 0.3) is 0 Å². The molecule has 4 atom stereocenters. The van der Waals surface area contributed by atoms with Crippen LogP contribution in [0.15, 0.2) is 54.6 Å². The number of halogens is 1. The number of nitrogens with one attached hydrogen (secondary N) is 3. The zero-order valence-corrected chi connectivity index (χ0v) is 26.7. The molecule has 2 fully saturated rings. The molecule has 45 heavy (non-hydrogen) atoms. The summed E-state index contributed by atoms with van der Waals surface area (Å²) in [6.07, 6.45) is 2.28. The Labute approximate surface area is 269 Å². The van der Waals surface area contributed by atoms with E-state index < -0.39 is 47.8 Å². The molecule has 2 aromatic carbocycles. The number of Topliss-reactive ketones (excluding diaryl/α,β-unsaturated/α-hetero) is 1. The number of rotatable bonds is 13. The van der Waals surface area contributed by atoms with Crippen molar-refractivity contribution in [3.05, 3.63) is 70.7 Å². The quantitative estimate of drug-likeness (QED) is 0.279. The van der Waals surface area contributed by atoms with Gasteiger partial charge in [0.25, 0.3) is 5.91 Å². The van der Waals surface area contributed by atoms with E-state index in [1.165, 1.54) is 4.90 Å². The van der Waals surface area contributed by atoms with Crippen molar-refractivity contribution in [3.8, 4) is 0 Å². The number of alkyl carbamates (subject to hydrolysis) is 1. The molecule has 1 unspecified atom stereocenters. The van der Waals surface area contributed by atoms with E-state index in [1.807, 2.05) is 56.3 Å². The third-order valence-electron chi connectivity index (χ3n) is 8.22. The lowest BCUT2D eigenvalue weighted by atomic mass is 9.94. The molecule has 2 aliphatic rings. The second kappa shape index (κ2) is 16.4. The predicted molar refractivity (Wildman–Crippen MR) is 170 cm³/mol. The first-order valence-electron chi connectivity index (χ1n) is 15.8. The molecule has 2 aromatic rings. The van der Waals surface area contributed by atoms with E-state index in [0.717, 1.165) is 30.4 Å². The first-order chi connectivity index (χ1) is 21.6. The summed E-state index contributed by atoms with van der Waals surface area (Å²) in [6.45, 7) is 5.25. The molecule has 0 bridgehead atoms. The van der Waals surface area contributed by atoms with Crippen molar-refractivity contribution >= 4 is 41.2 Å². The molecule has 10 nitrogen and oxygen atoms in total. The molecule has 0 aliphatic carbocycles. The van der Waals surface area contributed by atoms with Crippen molar-refractivity contribution in [2.75, 3.05) is 19.6 Å². The molecular weight excluding hydrogens is 596 g/mol. The number of piperidine rings is 1. The molecule has 11 heteroatoms. The number of nitrogens with zero attached hydrogens (tertiary/aromatic N) is 1. The van der Waals surface area contributed by atoms with Gasteiger partial charge in [-0.15, -0.1) is 0 Å². The number of hydrogen-bond acceptors (Lipinski definition) is 6. The highest BCUT2D eigenvalue weighted by Crippen LogP contribution is 2.25. The first kappa shape index (κ1) is 34.0. The largest absolute Gasteiger partial charge is 0.441 e. The standard InChI is InChI=1S/C34H43ClN4O6/c1-22(2)18-28(38-34(44)45-29(24-11-5-3-6-12-24)20-23-10-9-13-26(35)19-23)32(42)37-27(21-25-14-15-36-31(25)41)30(40)33(43)39-16-7-4-8-17-39/h3,5-6,9-13,19,22,25,27-29H,4,7-8,14-18,20-21H2,1-2H3,(H,36,41)(H,37,42)(H,38,44)/t25-,27-,28-,29?/m0/s1. The van der Waals surface area contributed by atoms with Gasteiger partial charge in [0.2, 0.25) is 17.6 Å². The van der Waals surface area contributed by atoms with E-state index >= 15 is 0 Å². The van der Waals surface area contributed by atoms with E-state index in [1.54, 1.807) is 12.1 Å². The minimum atomic E-state index is -1.20. The molecule has 2 heterocycles. The fraction of sp³-hybridized carbons (Fsp3) is 0.500. The zero-order valence-electron chi connectivity index (χ0n) is 25.9. The van der Waals surface area contributed by atoms with Crippen LogP contribution < -0.4 is 16.0 Å². The van der Waals surface area contributed by atoms with Crippen LogP contribution in [0, 0.1) is 11.8 Å². The van der Waals surface area contributed by atoms with Crippen molar-refractivity contribution in [1.29, 1.82) is 0 Å². The van der Waals surface area contributed by atoms with Crippen LogP contribution in [-0.2, 0) is 30.3 Å². The van der Waals surface area contributed by atoms with Crippen LogP contribution >= 0.6 is 11.6 Å². The highest BCUT2D eigenvalue weighted by atomic mass is 35.5. The second-order valence-corrected chi connectivity index (χ2v) is 12.7. The van der Waals surface area contributed by atoms with E-state index in [9.17, 15) is 24.0 Å². The Hall–Kier alpha value is -3.92. The summed E-state index contributed by atoms with van der Waals surface area (Å²) in [7, 11) is 0. The third kappa shape index (κ3) is 10.0. The molecule has 2 aliphatic heterocycles. The third-order valence-corrected chi connectivity index (χ3v) is 8.45. The van der Waals surface area contributed by atoms with Crippen molar-refractivity contribution in [2.24, 2.45) is 11.8 Å². The van der Waals surface area contributed by atoms with Gasteiger partial charge in [-0.3, -0.25) is 19.2 Å². The molecule has 0 aromatic heterocycles. The highest BCUT2D eigenvalue weighted by Gasteiger charge is 2.37.